The molecule has 1 aliphatic carbocycles. The fourth-order valence-electron chi connectivity index (χ4n) is 2.68. The van der Waals surface area contributed by atoms with E-state index in [0.717, 1.165) is 51.1 Å². The van der Waals surface area contributed by atoms with Gasteiger partial charge in [-0.25, -0.2) is 4.98 Å². The number of hydrogen-bond donors (Lipinski definition) is 2. The van der Waals surface area contributed by atoms with Gasteiger partial charge in [-0.15, -0.1) is 0 Å². The van der Waals surface area contributed by atoms with Crippen molar-refractivity contribution >= 4 is 0 Å². The molecule has 1 aromatic rings. The van der Waals surface area contributed by atoms with Crippen LogP contribution < -0.4 is 5.32 Å². The van der Waals surface area contributed by atoms with Crippen LogP contribution in [-0.2, 0) is 16.0 Å². The predicted molar refractivity (Wildman–Crippen MR) is 62.3 cm³/mol. The van der Waals surface area contributed by atoms with Gasteiger partial charge in [-0.2, -0.15) is 0 Å². The third-order valence-corrected chi connectivity index (χ3v) is 3.70. The maximum Gasteiger partial charge on any atom is 0.168 e. The zero-order valence-electron chi connectivity index (χ0n) is 9.95. The lowest BCUT2D eigenvalue weighted by atomic mass is 9.90. The van der Waals surface area contributed by atoms with Gasteiger partial charge >= 0.3 is 0 Å². The standard InChI is InChI=1S/C12H19N3O2/c1-3-12(16-5-6-17-12)4-2-10(1)14-8-11-7-13-9-15-11/h7,9-10,14H,1-6,8H2,(H,13,15). The Hall–Kier alpha value is -0.910. The average Bonchev–Trinajstić information content (AvgIpc) is 3.01. The van der Waals surface area contributed by atoms with Crippen molar-refractivity contribution in [3.63, 3.8) is 0 Å². The lowest BCUT2D eigenvalue weighted by molar-refractivity contribution is -0.179. The van der Waals surface area contributed by atoms with E-state index in [1.54, 1.807) is 6.33 Å². The Balaban J connectivity index is 1.45. The summed E-state index contributed by atoms with van der Waals surface area (Å²) < 4.78 is 11.4. The molecular weight excluding hydrogens is 218 g/mol. The molecule has 1 saturated carbocycles. The van der Waals surface area contributed by atoms with Gasteiger partial charge < -0.3 is 19.8 Å². The molecule has 0 bridgehead atoms. The van der Waals surface area contributed by atoms with Gasteiger partial charge in [0.2, 0.25) is 0 Å². The van der Waals surface area contributed by atoms with E-state index in [2.05, 4.69) is 15.3 Å². The van der Waals surface area contributed by atoms with Crippen molar-refractivity contribution in [3.05, 3.63) is 18.2 Å². The minimum Gasteiger partial charge on any atom is -0.348 e. The Bertz CT molecular complexity index is 337. The lowest BCUT2D eigenvalue weighted by Crippen LogP contribution is -2.41. The van der Waals surface area contributed by atoms with E-state index in [1.165, 1.54) is 0 Å². The van der Waals surface area contributed by atoms with Crippen LogP contribution >= 0.6 is 0 Å². The Kier molecular flexibility index (Phi) is 3.13. The number of nitrogens with zero attached hydrogens (tertiary/aromatic N) is 1. The summed E-state index contributed by atoms with van der Waals surface area (Å²) in [5.41, 5.74) is 1.14. The first-order valence-corrected chi connectivity index (χ1v) is 6.35. The normalized spacial score (nSPS) is 24.5. The minimum absolute atomic E-state index is 0.244. The Morgan fingerprint density at radius 1 is 1.35 bits per heavy atom. The van der Waals surface area contributed by atoms with Gasteiger partial charge in [-0.3, -0.25) is 0 Å². The second kappa shape index (κ2) is 4.76. The van der Waals surface area contributed by atoms with Crippen LogP contribution in [0, 0.1) is 0 Å². The Labute approximate surface area is 101 Å². The van der Waals surface area contributed by atoms with Gasteiger partial charge in [0.1, 0.15) is 0 Å². The molecule has 0 unspecified atom stereocenters. The number of aromatic nitrogens is 2. The van der Waals surface area contributed by atoms with Gasteiger partial charge in [0.15, 0.2) is 5.79 Å². The van der Waals surface area contributed by atoms with Crippen LogP contribution in [0.2, 0.25) is 0 Å². The molecule has 3 rings (SSSR count). The average molecular weight is 237 g/mol. The number of hydrogen-bond acceptors (Lipinski definition) is 4. The van der Waals surface area contributed by atoms with Crippen molar-refractivity contribution in [2.45, 2.75) is 44.1 Å². The third-order valence-electron chi connectivity index (χ3n) is 3.70. The molecule has 5 heteroatoms. The highest BCUT2D eigenvalue weighted by molar-refractivity contribution is 4.94. The van der Waals surface area contributed by atoms with E-state index >= 15 is 0 Å². The maximum absolute atomic E-state index is 5.71. The summed E-state index contributed by atoms with van der Waals surface area (Å²) in [6.07, 6.45) is 7.83. The molecule has 2 N–H and O–H groups in total. The monoisotopic (exact) mass is 237 g/mol. The van der Waals surface area contributed by atoms with Crippen molar-refractivity contribution in [1.29, 1.82) is 0 Å². The summed E-state index contributed by atoms with van der Waals surface area (Å²) in [6.45, 7) is 2.37. The highest BCUT2D eigenvalue weighted by atomic mass is 16.7. The van der Waals surface area contributed by atoms with Crippen molar-refractivity contribution in [2.24, 2.45) is 0 Å². The van der Waals surface area contributed by atoms with E-state index < -0.39 is 0 Å². The molecule has 5 nitrogen and oxygen atoms in total. The quantitative estimate of drug-likeness (QED) is 0.829. The molecule has 2 aliphatic rings. The second-order valence-electron chi connectivity index (χ2n) is 4.84. The molecule has 2 fully saturated rings. The van der Waals surface area contributed by atoms with Gasteiger partial charge in [-0.1, -0.05) is 0 Å². The SMILES string of the molecule is c1ncc(CNC2CCC3(CC2)OCCO3)[nH]1. The van der Waals surface area contributed by atoms with Crippen molar-refractivity contribution in [1.82, 2.24) is 15.3 Å². The third kappa shape index (κ3) is 2.51. The highest BCUT2D eigenvalue weighted by Crippen LogP contribution is 2.35. The number of imidazole rings is 1. The first kappa shape index (κ1) is 11.2. The van der Waals surface area contributed by atoms with Crippen LogP contribution in [0.5, 0.6) is 0 Å². The molecule has 0 radical (unpaired) electrons. The number of nitrogens with one attached hydrogen (secondary N) is 2. The van der Waals surface area contributed by atoms with Gasteiger partial charge in [0.25, 0.3) is 0 Å². The molecule has 0 aromatic carbocycles. The Morgan fingerprint density at radius 3 is 2.76 bits per heavy atom. The van der Waals surface area contributed by atoms with E-state index in [0.29, 0.717) is 6.04 Å². The van der Waals surface area contributed by atoms with Crippen LogP contribution in [0.4, 0.5) is 0 Å². The summed E-state index contributed by atoms with van der Waals surface area (Å²) in [7, 11) is 0. The van der Waals surface area contributed by atoms with Crippen molar-refractivity contribution < 1.29 is 9.47 Å². The fourth-order valence-corrected chi connectivity index (χ4v) is 2.68. The Morgan fingerprint density at radius 2 is 2.12 bits per heavy atom. The minimum atomic E-state index is -0.244. The number of aromatic amines is 1. The van der Waals surface area contributed by atoms with E-state index in [4.69, 9.17) is 9.47 Å². The molecule has 94 valence electrons. The van der Waals surface area contributed by atoms with Crippen LogP contribution in [0.3, 0.4) is 0 Å². The molecular formula is C12H19N3O2. The molecule has 1 aromatic heterocycles. The summed E-state index contributed by atoms with van der Waals surface area (Å²) in [5, 5.41) is 3.55. The zero-order valence-corrected chi connectivity index (χ0v) is 9.95. The summed E-state index contributed by atoms with van der Waals surface area (Å²) in [5.74, 6) is -0.244. The largest absolute Gasteiger partial charge is 0.348 e. The first-order chi connectivity index (χ1) is 8.36. The predicted octanol–water partition coefficient (Wildman–Crippen LogP) is 1.18. The molecule has 0 atom stereocenters. The van der Waals surface area contributed by atoms with E-state index in [9.17, 15) is 0 Å². The number of rotatable bonds is 3. The first-order valence-electron chi connectivity index (χ1n) is 6.35. The smallest absolute Gasteiger partial charge is 0.168 e. The molecule has 2 heterocycles. The molecule has 1 saturated heterocycles. The second-order valence-corrected chi connectivity index (χ2v) is 4.84. The fraction of sp³-hybridized carbons (Fsp3) is 0.750. The van der Waals surface area contributed by atoms with E-state index in [-0.39, 0.29) is 5.79 Å². The topological polar surface area (TPSA) is 59.2 Å². The summed E-state index contributed by atoms with van der Waals surface area (Å²) in [6, 6.07) is 0.566. The lowest BCUT2D eigenvalue weighted by Gasteiger charge is -2.35. The van der Waals surface area contributed by atoms with Crippen molar-refractivity contribution in [3.8, 4) is 0 Å². The molecule has 0 amide bonds. The number of H-pyrrole nitrogens is 1. The summed E-state index contributed by atoms with van der Waals surface area (Å²) in [4.78, 5) is 7.11. The van der Waals surface area contributed by atoms with Gasteiger partial charge in [0, 0.05) is 37.3 Å². The zero-order chi connectivity index (χ0) is 11.6. The van der Waals surface area contributed by atoms with Crippen LogP contribution in [0.25, 0.3) is 0 Å². The number of ether oxygens (including phenoxy) is 2. The van der Waals surface area contributed by atoms with Crippen LogP contribution in [-0.4, -0.2) is 35.0 Å². The van der Waals surface area contributed by atoms with Crippen LogP contribution in [0.1, 0.15) is 31.4 Å². The van der Waals surface area contributed by atoms with Gasteiger partial charge in [-0.05, 0) is 12.8 Å². The van der Waals surface area contributed by atoms with Crippen molar-refractivity contribution in [2.75, 3.05) is 13.2 Å². The maximum atomic E-state index is 5.71. The highest BCUT2D eigenvalue weighted by Gasteiger charge is 2.40. The molecule has 1 spiro atoms. The van der Waals surface area contributed by atoms with Gasteiger partial charge in [0.05, 0.1) is 19.5 Å². The van der Waals surface area contributed by atoms with E-state index in [1.807, 2.05) is 6.20 Å². The summed E-state index contributed by atoms with van der Waals surface area (Å²) >= 11 is 0. The van der Waals surface area contributed by atoms with Crippen LogP contribution in [0.15, 0.2) is 12.5 Å². The molecule has 1 aliphatic heterocycles. The molecule has 17 heavy (non-hydrogen) atoms.